The molecule has 1 atom stereocenters. The van der Waals surface area contributed by atoms with E-state index in [4.69, 9.17) is 10.5 Å². The lowest BCUT2D eigenvalue weighted by atomic mass is 10.1. The van der Waals surface area contributed by atoms with Gasteiger partial charge in [0, 0.05) is 43.1 Å². The number of halogens is 1. The first-order valence-corrected chi connectivity index (χ1v) is 8.27. The summed E-state index contributed by atoms with van der Waals surface area (Å²) in [5.74, 6) is 2.54. The normalized spacial score (nSPS) is 19.4. The summed E-state index contributed by atoms with van der Waals surface area (Å²) in [5, 5.41) is 0.662. The van der Waals surface area contributed by atoms with Crippen LogP contribution in [0.4, 0.5) is 5.13 Å². The Morgan fingerprint density at radius 2 is 2.42 bits per heavy atom. The summed E-state index contributed by atoms with van der Waals surface area (Å²) in [7, 11) is 1.76. The highest BCUT2D eigenvalue weighted by Crippen LogP contribution is 2.24. The van der Waals surface area contributed by atoms with Gasteiger partial charge < -0.3 is 10.5 Å². The Morgan fingerprint density at radius 3 is 3.00 bits per heavy atom. The standard InChI is InChI=1S/C12H21N3OS2.ClH/c1-16-5-4-15(10-3-2-6-17-9-10)8-11-7-14-12(13)18-11;/h7,10H,2-6,8-9H2,1H3,(H2,13,14);1H. The minimum atomic E-state index is 0. The molecule has 2 rings (SSSR count). The molecule has 1 aliphatic rings. The number of hydrogen-bond donors (Lipinski definition) is 1. The third-order valence-electron chi connectivity index (χ3n) is 3.17. The second-order valence-electron chi connectivity index (χ2n) is 4.50. The summed E-state index contributed by atoms with van der Waals surface area (Å²) in [5.41, 5.74) is 5.69. The predicted octanol–water partition coefficient (Wildman–Crippen LogP) is 2.49. The Morgan fingerprint density at radius 1 is 1.58 bits per heavy atom. The molecule has 1 aromatic heterocycles. The Balaban J connectivity index is 0.00000180. The lowest BCUT2D eigenvalue weighted by molar-refractivity contribution is 0.117. The van der Waals surface area contributed by atoms with E-state index in [0.717, 1.165) is 19.7 Å². The van der Waals surface area contributed by atoms with Gasteiger partial charge in [-0.1, -0.05) is 0 Å². The number of nitrogen functional groups attached to an aromatic ring is 1. The number of aromatic nitrogens is 1. The first kappa shape index (κ1) is 17.0. The Kier molecular flexibility index (Phi) is 8.09. The number of rotatable bonds is 6. The van der Waals surface area contributed by atoms with Crippen molar-refractivity contribution in [1.82, 2.24) is 9.88 Å². The van der Waals surface area contributed by atoms with Crippen LogP contribution in [0.1, 0.15) is 17.7 Å². The molecule has 110 valence electrons. The molecule has 0 amide bonds. The topological polar surface area (TPSA) is 51.4 Å². The smallest absolute Gasteiger partial charge is 0.180 e. The highest BCUT2D eigenvalue weighted by atomic mass is 35.5. The van der Waals surface area contributed by atoms with Crippen LogP contribution in [0, 0.1) is 0 Å². The summed E-state index contributed by atoms with van der Waals surface area (Å²) in [4.78, 5) is 7.89. The lowest BCUT2D eigenvalue weighted by Gasteiger charge is -2.33. The number of hydrogen-bond acceptors (Lipinski definition) is 6. The molecule has 0 radical (unpaired) electrons. The zero-order valence-electron chi connectivity index (χ0n) is 11.2. The van der Waals surface area contributed by atoms with Gasteiger partial charge in [-0.25, -0.2) is 4.98 Å². The summed E-state index contributed by atoms with van der Waals surface area (Å²) in [6.07, 6.45) is 4.52. The van der Waals surface area contributed by atoms with Crippen LogP contribution in [-0.2, 0) is 11.3 Å². The van der Waals surface area contributed by atoms with E-state index in [0.29, 0.717) is 11.2 Å². The first-order valence-electron chi connectivity index (χ1n) is 6.30. The summed E-state index contributed by atoms with van der Waals surface area (Å²) < 4.78 is 5.22. The molecule has 1 fully saturated rings. The predicted molar refractivity (Wildman–Crippen MR) is 86.4 cm³/mol. The molecule has 2 heterocycles. The van der Waals surface area contributed by atoms with Crippen LogP contribution in [0.2, 0.25) is 0 Å². The van der Waals surface area contributed by atoms with Crippen molar-refractivity contribution >= 4 is 40.6 Å². The molecule has 1 aromatic rings. The lowest BCUT2D eigenvalue weighted by Crippen LogP contribution is -2.40. The maximum Gasteiger partial charge on any atom is 0.180 e. The number of anilines is 1. The third kappa shape index (κ3) is 5.47. The molecule has 1 unspecified atom stereocenters. The average molecular weight is 324 g/mol. The summed E-state index contributed by atoms with van der Waals surface area (Å²) in [6.45, 7) is 2.72. The number of nitrogens with two attached hydrogens (primary N) is 1. The van der Waals surface area contributed by atoms with Crippen molar-refractivity contribution in [1.29, 1.82) is 0 Å². The summed E-state index contributed by atoms with van der Waals surface area (Å²) in [6, 6.07) is 0.669. The fourth-order valence-electron chi connectivity index (χ4n) is 2.21. The van der Waals surface area contributed by atoms with Crippen LogP contribution in [0.25, 0.3) is 0 Å². The molecule has 0 aliphatic carbocycles. The van der Waals surface area contributed by atoms with Crippen LogP contribution in [0.5, 0.6) is 0 Å². The SMILES string of the molecule is COCCN(Cc1cnc(N)s1)C1CCCSC1.Cl. The van der Waals surface area contributed by atoms with Crippen LogP contribution in [0.15, 0.2) is 6.20 Å². The molecular weight excluding hydrogens is 302 g/mol. The highest BCUT2D eigenvalue weighted by Gasteiger charge is 2.21. The molecule has 0 saturated carbocycles. The minimum Gasteiger partial charge on any atom is -0.383 e. The van der Waals surface area contributed by atoms with Crippen LogP contribution >= 0.6 is 35.5 Å². The van der Waals surface area contributed by atoms with Gasteiger partial charge in [-0.3, -0.25) is 4.90 Å². The fourth-order valence-corrected chi connectivity index (χ4v) is 4.10. The zero-order chi connectivity index (χ0) is 12.8. The van der Waals surface area contributed by atoms with Crippen molar-refractivity contribution in [3.05, 3.63) is 11.1 Å². The van der Waals surface area contributed by atoms with E-state index < -0.39 is 0 Å². The molecule has 1 saturated heterocycles. The highest BCUT2D eigenvalue weighted by molar-refractivity contribution is 7.99. The maximum atomic E-state index is 5.69. The van der Waals surface area contributed by atoms with Crippen molar-refractivity contribution in [3.8, 4) is 0 Å². The van der Waals surface area contributed by atoms with Crippen molar-refractivity contribution < 1.29 is 4.74 Å². The number of thioether (sulfide) groups is 1. The summed E-state index contributed by atoms with van der Waals surface area (Å²) >= 11 is 3.65. The van der Waals surface area contributed by atoms with Gasteiger partial charge in [0.2, 0.25) is 0 Å². The molecule has 7 heteroatoms. The number of methoxy groups -OCH3 is 1. The van der Waals surface area contributed by atoms with Crippen LogP contribution < -0.4 is 5.73 Å². The van der Waals surface area contributed by atoms with Crippen molar-refractivity contribution in [2.24, 2.45) is 0 Å². The largest absolute Gasteiger partial charge is 0.383 e. The molecular formula is C12H22ClN3OS2. The van der Waals surface area contributed by atoms with E-state index in [1.54, 1.807) is 18.4 Å². The van der Waals surface area contributed by atoms with Crippen molar-refractivity contribution in [2.45, 2.75) is 25.4 Å². The van der Waals surface area contributed by atoms with Gasteiger partial charge in [-0.05, 0) is 18.6 Å². The Bertz CT molecular complexity index is 358. The van der Waals surface area contributed by atoms with Crippen LogP contribution in [-0.4, -0.2) is 47.7 Å². The quantitative estimate of drug-likeness (QED) is 0.871. The molecule has 0 aromatic carbocycles. The second-order valence-corrected chi connectivity index (χ2v) is 6.80. The van der Waals surface area contributed by atoms with Gasteiger partial charge in [0.15, 0.2) is 5.13 Å². The molecule has 2 N–H and O–H groups in total. The third-order valence-corrected chi connectivity index (χ3v) is 5.17. The Labute approximate surface area is 129 Å². The van der Waals surface area contributed by atoms with Gasteiger partial charge in [0.05, 0.1) is 6.61 Å². The van der Waals surface area contributed by atoms with E-state index in [9.17, 15) is 0 Å². The minimum absolute atomic E-state index is 0. The fraction of sp³-hybridized carbons (Fsp3) is 0.750. The van der Waals surface area contributed by atoms with Crippen molar-refractivity contribution in [2.75, 3.05) is 37.5 Å². The molecule has 0 bridgehead atoms. The average Bonchev–Trinajstić information content (AvgIpc) is 2.81. The van der Waals surface area contributed by atoms with Crippen molar-refractivity contribution in [3.63, 3.8) is 0 Å². The zero-order valence-corrected chi connectivity index (χ0v) is 13.7. The van der Waals surface area contributed by atoms with Gasteiger partial charge in [-0.15, -0.1) is 23.7 Å². The number of thiazole rings is 1. The first-order chi connectivity index (χ1) is 8.79. The second kappa shape index (κ2) is 9.02. The monoisotopic (exact) mass is 323 g/mol. The molecule has 19 heavy (non-hydrogen) atoms. The van der Waals surface area contributed by atoms with E-state index in [2.05, 4.69) is 21.6 Å². The van der Waals surface area contributed by atoms with Crippen LogP contribution in [0.3, 0.4) is 0 Å². The maximum absolute atomic E-state index is 5.69. The molecule has 0 spiro atoms. The van der Waals surface area contributed by atoms with Gasteiger partial charge in [-0.2, -0.15) is 11.8 Å². The molecule has 1 aliphatic heterocycles. The number of ether oxygens (including phenoxy) is 1. The van der Waals surface area contributed by atoms with E-state index in [1.807, 2.05) is 6.20 Å². The van der Waals surface area contributed by atoms with Gasteiger partial charge in [0.25, 0.3) is 0 Å². The Hall–Kier alpha value is -0.0100. The van der Waals surface area contributed by atoms with E-state index in [-0.39, 0.29) is 12.4 Å². The number of nitrogens with zero attached hydrogens (tertiary/aromatic N) is 2. The van der Waals surface area contributed by atoms with Gasteiger partial charge in [0.1, 0.15) is 0 Å². The van der Waals surface area contributed by atoms with Gasteiger partial charge >= 0.3 is 0 Å². The van der Waals surface area contributed by atoms with E-state index in [1.165, 1.54) is 29.2 Å². The molecule has 4 nitrogen and oxygen atoms in total. The van der Waals surface area contributed by atoms with E-state index >= 15 is 0 Å².